The number of rotatable bonds is 21. The molecule has 1 aromatic heterocycles. The van der Waals surface area contributed by atoms with Crippen molar-refractivity contribution in [1.29, 1.82) is 0 Å². The van der Waals surface area contributed by atoms with Crippen LogP contribution in [0.15, 0.2) is 73.1 Å². The van der Waals surface area contributed by atoms with Gasteiger partial charge in [-0.3, -0.25) is 4.79 Å². The number of pyridine rings is 1. The van der Waals surface area contributed by atoms with Crippen LogP contribution in [-0.2, 0) is 19.6 Å². The Morgan fingerprint density at radius 2 is 1.40 bits per heavy atom. The molecule has 3 rings (SSSR count). The summed E-state index contributed by atoms with van der Waals surface area (Å²) in [6.07, 6.45) is 21.0. The van der Waals surface area contributed by atoms with Gasteiger partial charge in [-0.1, -0.05) is 126 Å². The number of hydrogen-bond acceptors (Lipinski definition) is 2. The monoisotopic (exact) mass is 718 g/mol. The van der Waals surface area contributed by atoms with E-state index in [1.165, 1.54) is 70.6 Å². The molecule has 1 amide bonds. The van der Waals surface area contributed by atoms with E-state index >= 15 is 0 Å². The number of aryl methyl sites for hydroxylation is 1. The van der Waals surface area contributed by atoms with Gasteiger partial charge in [-0.2, -0.15) is 0 Å². The molecule has 0 atom stereocenters. The van der Waals surface area contributed by atoms with Gasteiger partial charge in [-0.15, -0.1) is 0 Å². The molecule has 2 aromatic carbocycles. The first kappa shape index (κ1) is 37.1. The maximum absolute atomic E-state index is 13.7. The first-order chi connectivity index (χ1) is 20.6. The maximum Gasteiger partial charge on any atom is 0.254 e. The minimum absolute atomic E-state index is 0. The van der Waals surface area contributed by atoms with Crippen molar-refractivity contribution in [2.45, 2.75) is 117 Å². The molecular weight excluding hydrogens is 667 g/mol. The Bertz CT molecular complexity index is 1170. The Hall–Kier alpha value is -2.12. The molecule has 1 heterocycles. The van der Waals surface area contributed by atoms with E-state index in [0.29, 0.717) is 36.0 Å². The van der Waals surface area contributed by atoms with Crippen LogP contribution in [0, 0.1) is 0 Å². The zero-order valence-electron chi connectivity index (χ0n) is 26.4. The highest BCUT2D eigenvalue weighted by Gasteiger charge is 2.20. The second kappa shape index (κ2) is 22.4. The van der Waals surface area contributed by atoms with E-state index in [2.05, 4.69) is 42.9 Å². The molecule has 0 saturated carbocycles. The molecule has 43 heavy (non-hydrogen) atoms. The molecule has 3 aromatic rings. The summed E-state index contributed by atoms with van der Waals surface area (Å²) in [5.74, 6) is 0.690. The number of hydrogen-bond donors (Lipinski definition) is 0. The summed E-state index contributed by atoms with van der Waals surface area (Å²) in [6.45, 7) is 6.95. The van der Waals surface area contributed by atoms with E-state index < -0.39 is 0 Å². The van der Waals surface area contributed by atoms with E-state index in [0.717, 1.165) is 30.5 Å². The number of nitrogens with zero attached hydrogens (tertiary/aromatic N) is 2. The van der Waals surface area contributed by atoms with Crippen LogP contribution in [0.1, 0.15) is 119 Å². The van der Waals surface area contributed by atoms with E-state index in [-0.39, 0.29) is 29.9 Å². The van der Waals surface area contributed by atoms with Crippen molar-refractivity contribution < 1.29 is 38.1 Å². The van der Waals surface area contributed by atoms with Gasteiger partial charge in [0.25, 0.3) is 5.91 Å². The van der Waals surface area contributed by atoms with E-state index in [1.807, 2.05) is 53.4 Å². The Kier molecular flexibility index (Phi) is 19.3. The number of halogens is 2. The fourth-order valence-corrected chi connectivity index (χ4v) is 5.66. The summed E-state index contributed by atoms with van der Waals surface area (Å²) < 4.78 is 8.46. The van der Waals surface area contributed by atoms with Gasteiger partial charge in [0.05, 0.1) is 24.7 Å². The highest BCUT2D eigenvalue weighted by atomic mass is 127. The summed E-state index contributed by atoms with van der Waals surface area (Å²) in [4.78, 5) is 15.6. The van der Waals surface area contributed by atoms with Gasteiger partial charge >= 0.3 is 0 Å². The van der Waals surface area contributed by atoms with Gasteiger partial charge in [0, 0.05) is 29.2 Å². The first-order valence-corrected chi connectivity index (χ1v) is 16.7. The number of benzene rings is 2. The summed E-state index contributed by atoms with van der Waals surface area (Å²) in [5.41, 5.74) is 2.70. The number of aromatic nitrogens is 1. The summed E-state index contributed by atoms with van der Waals surface area (Å²) >= 11 is 6.64. The second-order valence-electron chi connectivity index (χ2n) is 11.4. The number of carbonyl (C=O) groups is 1. The first-order valence-electron chi connectivity index (χ1n) is 16.3. The van der Waals surface area contributed by atoms with Crippen LogP contribution in [0.25, 0.3) is 0 Å². The standard InChI is InChI=1S/C37H52ClN2O2.HI/c1-3-5-6-7-8-9-10-11-12-13-14-18-28-42-36-34(24-19-25-35(36)38)31-40(37(41)33-22-16-15-17-23-33)30-32-21-20-27-39(29-32)26-4-2;/h15-17,19-25,27,29H,3-14,18,26,28,30-31H2,1-2H3;1H/q+1;/p-1. The molecule has 0 N–H and O–H groups in total. The maximum atomic E-state index is 13.7. The van der Waals surface area contributed by atoms with Crippen LogP contribution in [-0.4, -0.2) is 17.4 Å². The predicted octanol–water partition coefficient (Wildman–Crippen LogP) is 6.96. The van der Waals surface area contributed by atoms with Crippen LogP contribution in [0.3, 0.4) is 0 Å². The molecule has 0 fully saturated rings. The highest BCUT2D eigenvalue weighted by molar-refractivity contribution is 6.32. The molecule has 0 aliphatic heterocycles. The smallest absolute Gasteiger partial charge is 0.254 e. The molecule has 0 aliphatic rings. The molecule has 0 radical (unpaired) electrons. The highest BCUT2D eigenvalue weighted by Crippen LogP contribution is 2.31. The van der Waals surface area contributed by atoms with Crippen LogP contribution >= 0.6 is 11.6 Å². The van der Waals surface area contributed by atoms with Crippen LogP contribution < -0.4 is 33.3 Å². The molecule has 0 saturated heterocycles. The Balaban J connectivity index is 0.00000645. The number of ether oxygens (including phenoxy) is 1. The SMILES string of the molecule is CCCCCCCCCCCCCCOc1c(Cl)cccc1CN(Cc1ccc[n+](CCC)c1)C(=O)c1ccccc1.[I-]. The lowest BCUT2D eigenvalue weighted by Crippen LogP contribution is -3.00. The lowest BCUT2D eigenvalue weighted by atomic mass is 10.1. The van der Waals surface area contributed by atoms with Crippen molar-refractivity contribution >= 4 is 17.5 Å². The Labute approximate surface area is 283 Å². The largest absolute Gasteiger partial charge is 1.00 e. The van der Waals surface area contributed by atoms with Crippen molar-refractivity contribution in [2.24, 2.45) is 0 Å². The van der Waals surface area contributed by atoms with Crippen molar-refractivity contribution in [3.05, 3.63) is 94.8 Å². The van der Waals surface area contributed by atoms with Crippen molar-refractivity contribution in [3.63, 3.8) is 0 Å². The number of carbonyl (C=O) groups excluding carboxylic acids is 1. The number of amides is 1. The quantitative estimate of drug-likeness (QED) is 0.0678. The lowest BCUT2D eigenvalue weighted by Gasteiger charge is -2.24. The van der Waals surface area contributed by atoms with Gasteiger partial charge < -0.3 is 33.6 Å². The molecular formula is C37H52ClIN2O2. The average Bonchev–Trinajstić information content (AvgIpc) is 3.00. The fourth-order valence-electron chi connectivity index (χ4n) is 5.41. The summed E-state index contributed by atoms with van der Waals surface area (Å²) in [7, 11) is 0. The third-order valence-corrected chi connectivity index (χ3v) is 8.03. The van der Waals surface area contributed by atoms with E-state index in [9.17, 15) is 4.79 Å². The molecule has 0 unspecified atom stereocenters. The van der Waals surface area contributed by atoms with Gasteiger partial charge in [0.2, 0.25) is 0 Å². The number of unbranched alkanes of at least 4 members (excludes halogenated alkanes) is 11. The third kappa shape index (κ3) is 14.0. The molecule has 4 nitrogen and oxygen atoms in total. The number of para-hydroxylation sites is 1. The van der Waals surface area contributed by atoms with Gasteiger partial charge in [0.15, 0.2) is 12.4 Å². The molecule has 0 bridgehead atoms. The minimum atomic E-state index is -0.00613. The fraction of sp³-hybridized carbons (Fsp3) is 0.514. The van der Waals surface area contributed by atoms with Gasteiger partial charge in [-0.25, -0.2) is 4.57 Å². The lowest BCUT2D eigenvalue weighted by molar-refractivity contribution is -0.697. The molecule has 236 valence electrons. The molecule has 0 spiro atoms. The van der Waals surface area contributed by atoms with E-state index in [1.54, 1.807) is 0 Å². The predicted molar refractivity (Wildman–Crippen MR) is 175 cm³/mol. The Morgan fingerprint density at radius 1 is 0.744 bits per heavy atom. The van der Waals surface area contributed by atoms with Crippen molar-refractivity contribution in [3.8, 4) is 5.75 Å². The zero-order valence-corrected chi connectivity index (χ0v) is 29.3. The van der Waals surface area contributed by atoms with Crippen LogP contribution in [0.2, 0.25) is 5.02 Å². The van der Waals surface area contributed by atoms with Gasteiger partial charge in [-0.05, 0) is 30.7 Å². The minimum Gasteiger partial charge on any atom is -1.00 e. The third-order valence-electron chi connectivity index (χ3n) is 7.74. The second-order valence-corrected chi connectivity index (χ2v) is 11.9. The Morgan fingerprint density at radius 3 is 2.05 bits per heavy atom. The van der Waals surface area contributed by atoms with Crippen LogP contribution in [0.5, 0.6) is 5.75 Å². The van der Waals surface area contributed by atoms with Crippen molar-refractivity contribution in [2.75, 3.05) is 6.61 Å². The normalized spacial score (nSPS) is 10.8. The topological polar surface area (TPSA) is 33.4 Å². The summed E-state index contributed by atoms with van der Waals surface area (Å²) in [5, 5.41) is 0.596. The zero-order chi connectivity index (χ0) is 29.8. The average molecular weight is 719 g/mol. The van der Waals surface area contributed by atoms with Gasteiger partial charge in [0.1, 0.15) is 12.3 Å². The summed E-state index contributed by atoms with van der Waals surface area (Å²) in [6, 6.07) is 19.5. The van der Waals surface area contributed by atoms with Crippen molar-refractivity contribution in [1.82, 2.24) is 4.90 Å². The molecule has 6 heteroatoms. The molecule has 0 aliphatic carbocycles. The van der Waals surface area contributed by atoms with Crippen LogP contribution in [0.4, 0.5) is 0 Å². The van der Waals surface area contributed by atoms with E-state index in [4.69, 9.17) is 16.3 Å².